The molecule has 8 heteroatoms. The molecule has 1 fully saturated rings. The largest absolute Gasteiger partial charge is 0.467 e. The fraction of sp³-hybridized carbons (Fsp3) is 0.346. The molecule has 0 atom stereocenters. The summed E-state index contributed by atoms with van der Waals surface area (Å²) in [5, 5.41) is 0. The van der Waals surface area contributed by atoms with E-state index in [-0.39, 0.29) is 23.1 Å². The Kier molecular flexibility index (Phi) is 7.67. The molecule has 180 valence electrons. The maximum atomic E-state index is 13.1. The van der Waals surface area contributed by atoms with Gasteiger partial charge in [0.2, 0.25) is 5.91 Å². The first kappa shape index (κ1) is 24.0. The van der Waals surface area contributed by atoms with Crippen LogP contribution in [-0.4, -0.2) is 19.2 Å². The number of hydrogen-bond donors (Lipinski definition) is 0. The molecule has 0 spiro atoms. The highest BCUT2D eigenvalue weighted by molar-refractivity contribution is 7.87. The molecule has 3 aromatic rings. The van der Waals surface area contributed by atoms with Crippen molar-refractivity contribution in [2.24, 2.45) is 5.92 Å². The summed E-state index contributed by atoms with van der Waals surface area (Å²) in [6, 6.07) is 14.7. The van der Waals surface area contributed by atoms with Gasteiger partial charge in [-0.2, -0.15) is 8.42 Å². The molecule has 0 N–H and O–H groups in total. The minimum Gasteiger partial charge on any atom is -0.467 e. The van der Waals surface area contributed by atoms with Crippen LogP contribution in [0, 0.1) is 11.7 Å². The van der Waals surface area contributed by atoms with Crippen LogP contribution in [0.1, 0.15) is 49.8 Å². The van der Waals surface area contributed by atoms with E-state index in [9.17, 15) is 17.6 Å². The number of carbonyl (C=O) groups excluding carboxylic acids is 1. The zero-order valence-corrected chi connectivity index (χ0v) is 19.7. The van der Waals surface area contributed by atoms with Crippen molar-refractivity contribution in [3.8, 4) is 5.75 Å². The van der Waals surface area contributed by atoms with E-state index in [0.29, 0.717) is 24.6 Å². The van der Waals surface area contributed by atoms with E-state index in [2.05, 4.69) is 0 Å². The maximum absolute atomic E-state index is 13.1. The second-order valence-electron chi connectivity index (χ2n) is 8.66. The predicted octanol–water partition coefficient (Wildman–Crippen LogP) is 5.69. The van der Waals surface area contributed by atoms with E-state index in [4.69, 9.17) is 8.60 Å². The zero-order chi connectivity index (χ0) is 24.0. The third kappa shape index (κ3) is 6.47. The Hall–Kier alpha value is -3.13. The zero-order valence-electron chi connectivity index (χ0n) is 18.9. The van der Waals surface area contributed by atoms with Crippen molar-refractivity contribution in [1.82, 2.24) is 4.90 Å². The van der Waals surface area contributed by atoms with Crippen LogP contribution in [0.2, 0.25) is 0 Å². The average Bonchev–Trinajstić information content (AvgIpc) is 3.52. The van der Waals surface area contributed by atoms with Gasteiger partial charge in [-0.25, -0.2) is 4.39 Å². The topological polar surface area (TPSA) is 76.8 Å². The Morgan fingerprint density at radius 3 is 2.50 bits per heavy atom. The minimum absolute atomic E-state index is 0.0357. The van der Waals surface area contributed by atoms with Crippen LogP contribution in [0.4, 0.5) is 4.39 Å². The number of hydrogen-bond acceptors (Lipinski definition) is 5. The lowest BCUT2D eigenvalue weighted by Gasteiger charge is -2.23. The van der Waals surface area contributed by atoms with Gasteiger partial charge in [-0.05, 0) is 66.4 Å². The normalized spacial score (nSPS) is 14.3. The molecule has 1 saturated carbocycles. The Labute approximate surface area is 199 Å². The molecule has 34 heavy (non-hydrogen) atoms. The smallest absolute Gasteiger partial charge is 0.339 e. The van der Waals surface area contributed by atoms with Crippen molar-refractivity contribution in [3.63, 3.8) is 0 Å². The Morgan fingerprint density at radius 2 is 1.79 bits per heavy atom. The second-order valence-corrected chi connectivity index (χ2v) is 10.2. The molecule has 4 rings (SSSR count). The van der Waals surface area contributed by atoms with Gasteiger partial charge in [-0.1, -0.05) is 37.8 Å². The molecule has 0 radical (unpaired) electrons. The molecule has 6 nitrogen and oxygen atoms in total. The van der Waals surface area contributed by atoms with E-state index in [0.717, 1.165) is 36.2 Å². The lowest BCUT2D eigenvalue weighted by Crippen LogP contribution is -2.30. The fourth-order valence-corrected chi connectivity index (χ4v) is 5.22. The summed E-state index contributed by atoms with van der Waals surface area (Å²) >= 11 is 0. The summed E-state index contributed by atoms with van der Waals surface area (Å²) in [5.74, 6) is 0.922. The number of rotatable bonds is 10. The van der Waals surface area contributed by atoms with E-state index in [1.807, 2.05) is 12.1 Å². The Bertz CT molecular complexity index is 1190. The van der Waals surface area contributed by atoms with Gasteiger partial charge in [0, 0.05) is 13.0 Å². The van der Waals surface area contributed by atoms with Gasteiger partial charge in [0.25, 0.3) is 0 Å². The molecule has 1 aliphatic rings. The molecule has 1 heterocycles. The fourth-order valence-electron chi connectivity index (χ4n) is 4.30. The summed E-state index contributed by atoms with van der Waals surface area (Å²) in [6.45, 7) is 0.619. The van der Waals surface area contributed by atoms with Crippen LogP contribution in [0.5, 0.6) is 5.75 Å². The third-order valence-electron chi connectivity index (χ3n) is 6.10. The van der Waals surface area contributed by atoms with Crippen LogP contribution >= 0.6 is 0 Å². The van der Waals surface area contributed by atoms with Gasteiger partial charge in [0.05, 0.1) is 12.8 Å². The van der Waals surface area contributed by atoms with E-state index < -0.39 is 15.9 Å². The molecule has 0 bridgehead atoms. The van der Waals surface area contributed by atoms with Crippen LogP contribution in [0.3, 0.4) is 0 Å². The first-order valence-electron chi connectivity index (χ1n) is 11.5. The van der Waals surface area contributed by atoms with Crippen molar-refractivity contribution in [2.75, 3.05) is 0 Å². The first-order valence-corrected chi connectivity index (χ1v) is 12.9. The number of halogens is 1. The summed E-state index contributed by atoms with van der Waals surface area (Å²) in [6.07, 6.45) is 7.78. The molecular weight excluding hydrogens is 457 g/mol. The summed E-state index contributed by atoms with van der Waals surface area (Å²) in [7, 11) is -4.11. The first-order chi connectivity index (χ1) is 16.4. The molecule has 1 amide bonds. The Balaban J connectivity index is 1.46. The standard InChI is InChI=1S/C26H28FNO5S/c27-22-11-13-25(14-12-22)34(30,31)33-23-8-3-7-21(17-23)18-28(19-24-9-4-16-32-24)26(29)15-10-20-5-1-2-6-20/h3-4,7-9,11-14,16-17,20H,1-2,5-6,10,15,18-19H2. The average molecular weight is 486 g/mol. The van der Waals surface area contributed by atoms with Crippen molar-refractivity contribution in [3.05, 3.63) is 84.1 Å². The predicted molar refractivity (Wildman–Crippen MR) is 125 cm³/mol. The highest BCUT2D eigenvalue weighted by Gasteiger charge is 2.21. The lowest BCUT2D eigenvalue weighted by atomic mass is 10.0. The summed E-state index contributed by atoms with van der Waals surface area (Å²) in [4.78, 5) is 14.7. The van der Waals surface area contributed by atoms with Gasteiger partial charge >= 0.3 is 10.1 Å². The van der Waals surface area contributed by atoms with Crippen molar-refractivity contribution in [1.29, 1.82) is 0 Å². The van der Waals surface area contributed by atoms with E-state index >= 15 is 0 Å². The highest BCUT2D eigenvalue weighted by Crippen LogP contribution is 2.29. The van der Waals surface area contributed by atoms with Crippen LogP contribution in [-0.2, 0) is 28.0 Å². The third-order valence-corrected chi connectivity index (χ3v) is 7.36. The number of furan rings is 1. The summed E-state index contributed by atoms with van der Waals surface area (Å²) in [5.41, 5.74) is 0.729. The lowest BCUT2D eigenvalue weighted by molar-refractivity contribution is -0.133. The van der Waals surface area contributed by atoms with Crippen molar-refractivity contribution in [2.45, 2.75) is 56.5 Å². The van der Waals surface area contributed by atoms with Gasteiger partial charge in [-0.3, -0.25) is 4.79 Å². The number of carbonyl (C=O) groups is 1. The van der Waals surface area contributed by atoms with Gasteiger partial charge < -0.3 is 13.5 Å². The molecule has 1 aromatic heterocycles. The quantitative estimate of drug-likeness (QED) is 0.345. The monoisotopic (exact) mass is 485 g/mol. The highest BCUT2D eigenvalue weighted by atomic mass is 32.2. The maximum Gasteiger partial charge on any atom is 0.339 e. The number of nitrogens with zero attached hydrogens (tertiary/aromatic N) is 1. The van der Waals surface area contributed by atoms with Crippen molar-refractivity contribution < 1.29 is 26.2 Å². The molecule has 0 saturated heterocycles. The van der Waals surface area contributed by atoms with Crippen LogP contribution in [0.15, 0.2) is 76.2 Å². The van der Waals surface area contributed by atoms with Gasteiger partial charge in [0.15, 0.2) is 0 Å². The SMILES string of the molecule is O=C(CCC1CCCC1)N(Cc1cccc(OS(=O)(=O)c2ccc(F)cc2)c1)Cc1ccco1. The summed E-state index contributed by atoms with van der Waals surface area (Å²) < 4.78 is 49.0. The van der Waals surface area contributed by atoms with Crippen LogP contribution < -0.4 is 4.18 Å². The number of amides is 1. The van der Waals surface area contributed by atoms with Crippen molar-refractivity contribution >= 4 is 16.0 Å². The van der Waals surface area contributed by atoms with E-state index in [1.54, 1.807) is 29.4 Å². The minimum atomic E-state index is -4.11. The Morgan fingerprint density at radius 1 is 1.03 bits per heavy atom. The molecular formula is C26H28FNO5S. The molecule has 2 aromatic carbocycles. The molecule has 0 aliphatic heterocycles. The van der Waals surface area contributed by atoms with Gasteiger partial charge in [0.1, 0.15) is 22.2 Å². The molecule has 1 aliphatic carbocycles. The molecule has 0 unspecified atom stereocenters. The number of benzene rings is 2. The second kappa shape index (κ2) is 10.9. The van der Waals surface area contributed by atoms with Crippen LogP contribution in [0.25, 0.3) is 0 Å². The van der Waals surface area contributed by atoms with Gasteiger partial charge in [-0.15, -0.1) is 0 Å². The van der Waals surface area contributed by atoms with E-state index in [1.165, 1.54) is 31.7 Å².